The van der Waals surface area contributed by atoms with Gasteiger partial charge in [-0.05, 0) is 36.5 Å². The zero-order valence-corrected chi connectivity index (χ0v) is 13.7. The summed E-state index contributed by atoms with van der Waals surface area (Å²) in [7, 11) is 0. The summed E-state index contributed by atoms with van der Waals surface area (Å²) in [6.07, 6.45) is 0.736. The number of hydrogen-bond donors (Lipinski definition) is 3. The van der Waals surface area contributed by atoms with Crippen LogP contribution in [0.25, 0.3) is 0 Å². The van der Waals surface area contributed by atoms with E-state index in [1.54, 1.807) is 6.07 Å². The highest BCUT2D eigenvalue weighted by atomic mass is 79.9. The number of amides is 1. The van der Waals surface area contributed by atoms with Crippen molar-refractivity contribution in [2.45, 2.75) is 26.7 Å². The Bertz CT molecular complexity index is 516. The van der Waals surface area contributed by atoms with Crippen LogP contribution >= 0.6 is 15.9 Å². The first-order valence-electron chi connectivity index (χ1n) is 6.78. The van der Waals surface area contributed by atoms with Gasteiger partial charge in [-0.2, -0.15) is 0 Å². The Kier molecular flexibility index (Phi) is 6.68. The van der Waals surface area contributed by atoms with Gasteiger partial charge in [0.2, 0.25) is 0 Å². The molecule has 0 heterocycles. The lowest BCUT2D eigenvalue weighted by Gasteiger charge is -2.18. The van der Waals surface area contributed by atoms with Crippen LogP contribution in [0.2, 0.25) is 0 Å². The fourth-order valence-electron chi connectivity index (χ4n) is 2.17. The predicted molar refractivity (Wildman–Crippen MR) is 83.3 cm³/mol. The van der Waals surface area contributed by atoms with Crippen LogP contribution in [0, 0.1) is 11.8 Å². The smallest absolute Gasteiger partial charge is 0.303 e. The quantitative estimate of drug-likeness (QED) is 0.699. The average Bonchev–Trinajstić information content (AvgIpc) is 2.37. The third-order valence-corrected chi connectivity index (χ3v) is 3.52. The van der Waals surface area contributed by atoms with Gasteiger partial charge in [0.15, 0.2) is 0 Å². The summed E-state index contributed by atoms with van der Waals surface area (Å²) in [6, 6.07) is 4.60. The molecule has 0 aliphatic rings. The molecule has 116 valence electrons. The molecular formula is C15H20BrNO4. The van der Waals surface area contributed by atoms with Gasteiger partial charge in [0.25, 0.3) is 5.91 Å². The van der Waals surface area contributed by atoms with E-state index in [1.807, 2.05) is 13.8 Å². The Labute approximate surface area is 132 Å². The van der Waals surface area contributed by atoms with Crippen LogP contribution in [0.5, 0.6) is 5.75 Å². The van der Waals surface area contributed by atoms with E-state index in [0.717, 1.165) is 6.42 Å². The van der Waals surface area contributed by atoms with Crippen molar-refractivity contribution in [1.82, 2.24) is 5.32 Å². The summed E-state index contributed by atoms with van der Waals surface area (Å²) >= 11 is 3.24. The minimum atomic E-state index is -0.875. The fourth-order valence-corrected chi connectivity index (χ4v) is 2.54. The van der Waals surface area contributed by atoms with E-state index >= 15 is 0 Å². The van der Waals surface area contributed by atoms with Crippen LogP contribution in [-0.2, 0) is 4.79 Å². The topological polar surface area (TPSA) is 86.6 Å². The molecule has 0 aliphatic heterocycles. The Balaban J connectivity index is 2.68. The maximum atomic E-state index is 12.1. The average molecular weight is 358 g/mol. The zero-order valence-electron chi connectivity index (χ0n) is 12.1. The van der Waals surface area contributed by atoms with Gasteiger partial charge in [0, 0.05) is 17.4 Å². The van der Waals surface area contributed by atoms with Crippen LogP contribution in [0.4, 0.5) is 0 Å². The summed E-state index contributed by atoms with van der Waals surface area (Å²) in [6.45, 7) is 4.29. The number of hydrogen-bond acceptors (Lipinski definition) is 3. The van der Waals surface area contributed by atoms with Crippen LogP contribution < -0.4 is 5.32 Å². The first-order valence-corrected chi connectivity index (χ1v) is 7.57. The molecule has 0 bridgehead atoms. The Hall–Kier alpha value is -1.56. The lowest BCUT2D eigenvalue weighted by atomic mass is 9.94. The van der Waals surface area contributed by atoms with Gasteiger partial charge >= 0.3 is 5.97 Å². The zero-order chi connectivity index (χ0) is 16.0. The number of phenols is 1. The van der Waals surface area contributed by atoms with Crippen molar-refractivity contribution in [3.63, 3.8) is 0 Å². The highest BCUT2D eigenvalue weighted by Gasteiger charge is 2.18. The lowest BCUT2D eigenvalue weighted by Crippen LogP contribution is -2.31. The number of carboxylic acid groups (broad SMARTS) is 1. The SMILES string of the molecule is CC(C)C[C@H](CNC(=O)c1cc(Br)ccc1O)CC(=O)O. The first-order chi connectivity index (χ1) is 9.79. The highest BCUT2D eigenvalue weighted by molar-refractivity contribution is 9.10. The second kappa shape index (κ2) is 8.02. The van der Waals surface area contributed by atoms with Crippen LogP contribution in [-0.4, -0.2) is 28.6 Å². The van der Waals surface area contributed by atoms with Crippen LogP contribution in [0.1, 0.15) is 37.0 Å². The number of nitrogens with one attached hydrogen (secondary N) is 1. The van der Waals surface area contributed by atoms with Gasteiger partial charge in [-0.1, -0.05) is 29.8 Å². The molecule has 0 fully saturated rings. The predicted octanol–water partition coefficient (Wildman–Crippen LogP) is 3.02. The van der Waals surface area contributed by atoms with Gasteiger partial charge in [-0.3, -0.25) is 9.59 Å². The van der Waals surface area contributed by atoms with E-state index < -0.39 is 11.9 Å². The maximum absolute atomic E-state index is 12.1. The molecule has 0 unspecified atom stereocenters. The van der Waals surface area contributed by atoms with E-state index in [9.17, 15) is 14.7 Å². The molecular weight excluding hydrogens is 338 g/mol. The van der Waals surface area contributed by atoms with E-state index in [-0.39, 0.29) is 30.2 Å². The number of carbonyl (C=O) groups excluding carboxylic acids is 1. The maximum Gasteiger partial charge on any atom is 0.303 e. The van der Waals surface area contributed by atoms with E-state index in [0.29, 0.717) is 10.4 Å². The largest absolute Gasteiger partial charge is 0.507 e. The van der Waals surface area contributed by atoms with Crippen LogP contribution in [0.3, 0.4) is 0 Å². The number of phenolic OH excluding ortho intramolecular Hbond substituents is 1. The van der Waals surface area contributed by atoms with Crippen molar-refractivity contribution >= 4 is 27.8 Å². The number of halogens is 1. The van der Waals surface area contributed by atoms with Gasteiger partial charge in [-0.25, -0.2) is 0 Å². The number of benzene rings is 1. The molecule has 1 amide bonds. The minimum absolute atomic E-state index is 0.0168. The number of aromatic hydroxyl groups is 1. The molecule has 0 aromatic heterocycles. The van der Waals surface area contributed by atoms with Crippen molar-refractivity contribution in [3.05, 3.63) is 28.2 Å². The number of carbonyl (C=O) groups is 2. The van der Waals surface area contributed by atoms with Crippen molar-refractivity contribution < 1.29 is 19.8 Å². The van der Waals surface area contributed by atoms with E-state index in [2.05, 4.69) is 21.2 Å². The van der Waals surface area contributed by atoms with Gasteiger partial charge in [0.1, 0.15) is 5.75 Å². The molecule has 5 nitrogen and oxygen atoms in total. The van der Waals surface area contributed by atoms with Crippen molar-refractivity contribution in [2.75, 3.05) is 6.54 Å². The van der Waals surface area contributed by atoms with Gasteiger partial charge in [-0.15, -0.1) is 0 Å². The van der Waals surface area contributed by atoms with Crippen molar-refractivity contribution in [1.29, 1.82) is 0 Å². The van der Waals surface area contributed by atoms with E-state index in [4.69, 9.17) is 5.11 Å². The molecule has 0 aliphatic carbocycles. The molecule has 0 radical (unpaired) electrons. The molecule has 0 saturated carbocycles. The second-order valence-electron chi connectivity index (χ2n) is 5.46. The first kappa shape index (κ1) is 17.5. The molecule has 3 N–H and O–H groups in total. The number of aliphatic carboxylic acids is 1. The second-order valence-corrected chi connectivity index (χ2v) is 6.38. The minimum Gasteiger partial charge on any atom is -0.507 e. The third-order valence-electron chi connectivity index (χ3n) is 3.02. The summed E-state index contributed by atoms with van der Waals surface area (Å²) in [5.74, 6) is -1.16. The van der Waals surface area contributed by atoms with Crippen molar-refractivity contribution in [2.24, 2.45) is 11.8 Å². The van der Waals surface area contributed by atoms with Gasteiger partial charge in [0.05, 0.1) is 5.56 Å². The molecule has 6 heteroatoms. The monoisotopic (exact) mass is 357 g/mol. The molecule has 21 heavy (non-hydrogen) atoms. The highest BCUT2D eigenvalue weighted by Crippen LogP contribution is 2.22. The summed E-state index contributed by atoms with van der Waals surface area (Å²) in [5, 5.41) is 21.3. The summed E-state index contributed by atoms with van der Waals surface area (Å²) < 4.78 is 0.690. The third kappa shape index (κ3) is 6.16. The van der Waals surface area contributed by atoms with Gasteiger partial charge < -0.3 is 15.5 Å². The normalized spacial score (nSPS) is 12.2. The van der Waals surface area contributed by atoms with Crippen LogP contribution in [0.15, 0.2) is 22.7 Å². The van der Waals surface area contributed by atoms with Crippen molar-refractivity contribution in [3.8, 4) is 5.75 Å². The molecule has 1 aromatic carbocycles. The Morgan fingerprint density at radius 1 is 1.33 bits per heavy atom. The molecule has 1 atom stereocenters. The molecule has 0 spiro atoms. The lowest BCUT2D eigenvalue weighted by molar-refractivity contribution is -0.138. The number of rotatable bonds is 7. The summed E-state index contributed by atoms with van der Waals surface area (Å²) in [5.41, 5.74) is 0.169. The number of carboxylic acids is 1. The Morgan fingerprint density at radius 2 is 2.00 bits per heavy atom. The van der Waals surface area contributed by atoms with E-state index in [1.165, 1.54) is 12.1 Å². The Morgan fingerprint density at radius 3 is 2.57 bits per heavy atom. The molecule has 0 saturated heterocycles. The molecule has 1 aromatic rings. The fraction of sp³-hybridized carbons (Fsp3) is 0.467. The molecule has 1 rings (SSSR count). The standard InChI is InChI=1S/C15H20BrNO4/c1-9(2)5-10(6-14(19)20)8-17-15(21)12-7-11(16)3-4-13(12)18/h3-4,7,9-10,18H,5-6,8H2,1-2H3,(H,17,21)(H,19,20)/t10-/m0/s1. The summed E-state index contributed by atoms with van der Waals surface area (Å²) in [4.78, 5) is 22.9.